The fourth-order valence-electron chi connectivity index (χ4n) is 1.85. The molecule has 0 atom stereocenters. The Morgan fingerprint density at radius 1 is 0.778 bits per heavy atom. The lowest BCUT2D eigenvalue weighted by atomic mass is 10.2. The van der Waals surface area contributed by atoms with Crippen LogP contribution in [0.1, 0.15) is 32.6 Å². The minimum Gasteiger partial charge on any atom is -0.416 e. The maximum atomic E-state index is 10.7. The van der Waals surface area contributed by atoms with Crippen molar-refractivity contribution < 1.29 is 13.0 Å². The summed E-state index contributed by atoms with van der Waals surface area (Å²) in [5, 5.41) is 0. The second-order valence-corrected chi connectivity index (χ2v) is 19.0. The Morgan fingerprint density at radius 2 is 1.22 bits per heavy atom. The van der Waals surface area contributed by atoms with Crippen molar-refractivity contribution in [1.82, 2.24) is 0 Å². The van der Waals surface area contributed by atoms with Gasteiger partial charge in [0.2, 0.25) is 0 Å². The van der Waals surface area contributed by atoms with Crippen LogP contribution in [0.15, 0.2) is 0 Å². The number of rotatable bonds is 9. The minimum absolute atomic E-state index is 0.724. The lowest BCUT2D eigenvalue weighted by Gasteiger charge is -2.36. The topological polar surface area (TPSA) is 38.7 Å². The maximum absolute atomic E-state index is 10.7. The van der Waals surface area contributed by atoms with Crippen LogP contribution >= 0.6 is 0 Å². The molecule has 0 aliphatic carbocycles. The molecule has 0 radical (unpaired) electrons. The summed E-state index contributed by atoms with van der Waals surface area (Å²) in [5.74, 6) is 0. The molecule has 1 N–H and O–H groups in total. The molecule has 0 heterocycles. The molecule has 0 aromatic rings. The molecule has 0 bridgehead atoms. The molecular formula is C12H32O3Si3. The van der Waals surface area contributed by atoms with Gasteiger partial charge in [0, 0.05) is 6.04 Å². The van der Waals surface area contributed by atoms with E-state index in [1.807, 2.05) is 0 Å². The van der Waals surface area contributed by atoms with Crippen LogP contribution in [0.5, 0.6) is 0 Å². The highest BCUT2D eigenvalue weighted by molar-refractivity contribution is 6.85. The van der Waals surface area contributed by atoms with E-state index in [1.165, 1.54) is 12.8 Å². The quantitative estimate of drug-likeness (QED) is 0.512. The Bertz CT molecular complexity index is 218. The Kier molecular flexibility index (Phi) is 7.57. The fraction of sp³-hybridized carbons (Fsp3) is 1.00. The zero-order chi connectivity index (χ0) is 14.4. The first kappa shape index (κ1) is 18.5. The van der Waals surface area contributed by atoms with Gasteiger partial charge in [0.15, 0.2) is 16.6 Å². The molecule has 0 aromatic carbocycles. The summed E-state index contributed by atoms with van der Waals surface area (Å²) in [6.45, 7) is 14.9. The molecule has 3 nitrogen and oxygen atoms in total. The van der Waals surface area contributed by atoms with Gasteiger partial charge in [-0.1, -0.05) is 26.2 Å². The normalized spacial score (nSPS) is 14.0. The number of unbranched alkanes of at least 4 members (excludes halogenated alkanes) is 3. The summed E-state index contributed by atoms with van der Waals surface area (Å²) in [6, 6.07) is 0.724. The summed E-state index contributed by atoms with van der Waals surface area (Å²) in [4.78, 5) is 10.7. The van der Waals surface area contributed by atoms with Gasteiger partial charge < -0.3 is 13.0 Å². The van der Waals surface area contributed by atoms with Gasteiger partial charge >= 0.3 is 8.80 Å². The lowest BCUT2D eigenvalue weighted by Crippen LogP contribution is -2.54. The van der Waals surface area contributed by atoms with Crippen molar-refractivity contribution in [3.05, 3.63) is 0 Å². The van der Waals surface area contributed by atoms with E-state index in [2.05, 4.69) is 46.2 Å². The van der Waals surface area contributed by atoms with Crippen molar-refractivity contribution in [2.75, 3.05) is 0 Å². The van der Waals surface area contributed by atoms with Crippen LogP contribution in [0.4, 0.5) is 0 Å². The average Bonchev–Trinajstić information content (AvgIpc) is 2.05. The van der Waals surface area contributed by atoms with Crippen LogP contribution in [0.3, 0.4) is 0 Å². The standard InChI is InChI=1S/C12H32O3Si3/c1-8-9-10-11-12-18(13,14-16(2,3)4)15-17(5,6)7/h13H,8-12H2,1-7H3. The van der Waals surface area contributed by atoms with Gasteiger partial charge in [0.25, 0.3) is 0 Å². The van der Waals surface area contributed by atoms with Crippen molar-refractivity contribution >= 4 is 25.4 Å². The Morgan fingerprint density at radius 3 is 1.56 bits per heavy atom. The second-order valence-electron chi connectivity index (χ2n) is 6.95. The van der Waals surface area contributed by atoms with Crippen molar-refractivity contribution in [3.63, 3.8) is 0 Å². The molecule has 0 aliphatic heterocycles. The van der Waals surface area contributed by atoms with Crippen molar-refractivity contribution in [2.24, 2.45) is 0 Å². The van der Waals surface area contributed by atoms with Gasteiger partial charge in [-0.2, -0.15) is 0 Å². The summed E-state index contributed by atoms with van der Waals surface area (Å²) in [6.07, 6.45) is 4.62. The minimum atomic E-state index is -2.95. The average molecular weight is 309 g/mol. The van der Waals surface area contributed by atoms with E-state index in [-0.39, 0.29) is 0 Å². The van der Waals surface area contributed by atoms with Crippen molar-refractivity contribution in [1.29, 1.82) is 0 Å². The third-order valence-corrected chi connectivity index (χ3v) is 10.7. The molecular weight excluding hydrogens is 276 g/mol. The van der Waals surface area contributed by atoms with Gasteiger partial charge in [-0.15, -0.1) is 0 Å². The van der Waals surface area contributed by atoms with E-state index in [9.17, 15) is 4.80 Å². The highest BCUT2D eigenvalue weighted by Crippen LogP contribution is 2.24. The Balaban J connectivity index is 4.50. The van der Waals surface area contributed by atoms with Gasteiger partial charge in [0.05, 0.1) is 0 Å². The smallest absolute Gasteiger partial charge is 0.416 e. The van der Waals surface area contributed by atoms with E-state index in [0.717, 1.165) is 18.9 Å². The second kappa shape index (κ2) is 7.35. The molecule has 0 spiro atoms. The van der Waals surface area contributed by atoms with Crippen LogP contribution in [0.25, 0.3) is 0 Å². The van der Waals surface area contributed by atoms with Gasteiger partial charge in [-0.05, 0) is 45.7 Å². The monoisotopic (exact) mass is 308 g/mol. The Labute approximate surface area is 117 Å². The molecule has 0 aliphatic rings. The molecule has 0 unspecified atom stereocenters. The zero-order valence-electron chi connectivity index (χ0n) is 13.3. The van der Waals surface area contributed by atoms with Crippen LogP contribution < -0.4 is 0 Å². The molecule has 0 saturated heterocycles. The lowest BCUT2D eigenvalue weighted by molar-refractivity contribution is 0.242. The zero-order valence-corrected chi connectivity index (χ0v) is 16.3. The summed E-state index contributed by atoms with van der Waals surface area (Å²) in [7, 11) is -6.45. The number of hydrogen-bond donors (Lipinski definition) is 1. The molecule has 0 aromatic heterocycles. The molecule has 0 rings (SSSR count). The maximum Gasteiger partial charge on any atom is 0.477 e. The van der Waals surface area contributed by atoms with E-state index in [0.29, 0.717) is 0 Å². The van der Waals surface area contributed by atoms with Crippen LogP contribution in [0.2, 0.25) is 45.3 Å². The van der Waals surface area contributed by atoms with E-state index in [4.69, 9.17) is 8.23 Å². The van der Waals surface area contributed by atoms with Gasteiger partial charge in [-0.25, -0.2) is 0 Å². The highest BCUT2D eigenvalue weighted by Gasteiger charge is 2.43. The summed E-state index contributed by atoms with van der Waals surface area (Å²) < 4.78 is 12.1. The van der Waals surface area contributed by atoms with Crippen LogP contribution in [0, 0.1) is 0 Å². The molecule has 18 heavy (non-hydrogen) atoms. The summed E-state index contributed by atoms with van der Waals surface area (Å²) >= 11 is 0. The first-order valence-corrected chi connectivity index (χ1v) is 15.9. The van der Waals surface area contributed by atoms with Crippen molar-refractivity contribution in [3.8, 4) is 0 Å². The fourth-order valence-corrected chi connectivity index (χ4v) is 11.6. The molecule has 0 fully saturated rings. The third kappa shape index (κ3) is 10.5. The molecule has 0 amide bonds. The first-order valence-electron chi connectivity index (χ1n) is 7.10. The molecule has 6 heteroatoms. The molecule has 0 saturated carbocycles. The third-order valence-electron chi connectivity index (χ3n) is 2.28. The SMILES string of the molecule is CCCCCC[Si](O)(O[Si](C)(C)C)O[Si](C)(C)C. The van der Waals surface area contributed by atoms with Gasteiger partial charge in [-0.3, -0.25) is 0 Å². The first-order chi connectivity index (χ1) is 7.97. The largest absolute Gasteiger partial charge is 0.477 e. The van der Waals surface area contributed by atoms with E-state index in [1.54, 1.807) is 0 Å². The number of hydrogen-bond acceptors (Lipinski definition) is 3. The molecule has 110 valence electrons. The van der Waals surface area contributed by atoms with E-state index < -0.39 is 25.4 Å². The highest BCUT2D eigenvalue weighted by atomic mass is 28.5. The van der Waals surface area contributed by atoms with Crippen LogP contribution in [-0.4, -0.2) is 30.2 Å². The summed E-state index contributed by atoms with van der Waals surface area (Å²) in [5.41, 5.74) is 0. The Hall–Kier alpha value is 0.531. The van der Waals surface area contributed by atoms with Gasteiger partial charge in [0.1, 0.15) is 0 Å². The van der Waals surface area contributed by atoms with Crippen molar-refractivity contribution in [2.45, 2.75) is 77.9 Å². The predicted octanol–water partition coefficient (Wildman–Crippen LogP) is 4.20. The predicted molar refractivity (Wildman–Crippen MR) is 85.8 cm³/mol. The van der Waals surface area contributed by atoms with E-state index >= 15 is 0 Å². The van der Waals surface area contributed by atoms with Crippen LogP contribution in [-0.2, 0) is 8.23 Å².